The summed E-state index contributed by atoms with van der Waals surface area (Å²) in [6.07, 6.45) is 1.61. The van der Waals surface area contributed by atoms with Gasteiger partial charge in [0.2, 0.25) is 5.91 Å². The summed E-state index contributed by atoms with van der Waals surface area (Å²) in [5.41, 5.74) is 0.313. The van der Waals surface area contributed by atoms with E-state index < -0.39 is 5.82 Å². The number of aromatic nitrogens is 4. The average molecular weight is 265 g/mol. The second kappa shape index (κ2) is 5.89. The molecule has 1 heterocycles. The van der Waals surface area contributed by atoms with E-state index in [0.29, 0.717) is 12.1 Å². The lowest BCUT2D eigenvalue weighted by Crippen LogP contribution is -2.24. The van der Waals surface area contributed by atoms with Crippen molar-refractivity contribution < 1.29 is 14.3 Å². The minimum atomic E-state index is -0.555. The second-order valence-electron chi connectivity index (χ2n) is 3.88. The molecule has 19 heavy (non-hydrogen) atoms. The molecule has 1 aromatic heterocycles. The predicted molar refractivity (Wildman–Crippen MR) is 62.3 cm³/mol. The molecular weight excluding hydrogens is 253 g/mol. The lowest BCUT2D eigenvalue weighted by Gasteiger charge is -2.06. The van der Waals surface area contributed by atoms with Crippen LogP contribution in [0.5, 0.6) is 5.75 Å². The molecule has 0 saturated carbocycles. The Morgan fingerprint density at radius 2 is 2.32 bits per heavy atom. The molecule has 8 heteroatoms. The molecule has 0 spiro atoms. The molecule has 100 valence electrons. The van der Waals surface area contributed by atoms with E-state index in [1.54, 1.807) is 0 Å². The van der Waals surface area contributed by atoms with Crippen molar-refractivity contribution in [1.29, 1.82) is 0 Å². The number of phenolic OH excluding ortho intramolecular Hbond substituents is 1. The molecule has 2 rings (SSSR count). The molecule has 2 aromatic rings. The van der Waals surface area contributed by atoms with Crippen molar-refractivity contribution in [2.75, 3.05) is 0 Å². The van der Waals surface area contributed by atoms with Crippen LogP contribution >= 0.6 is 0 Å². The monoisotopic (exact) mass is 265 g/mol. The lowest BCUT2D eigenvalue weighted by atomic mass is 10.2. The molecule has 0 aliphatic rings. The van der Waals surface area contributed by atoms with E-state index in [1.165, 1.54) is 23.1 Å². The fourth-order valence-corrected chi connectivity index (χ4v) is 1.46. The Hall–Kier alpha value is -2.51. The van der Waals surface area contributed by atoms with Crippen LogP contribution in [0.25, 0.3) is 0 Å². The number of nitrogens with zero attached hydrogens (tertiary/aromatic N) is 4. The fourth-order valence-electron chi connectivity index (χ4n) is 1.46. The number of aromatic hydroxyl groups is 1. The van der Waals surface area contributed by atoms with Gasteiger partial charge >= 0.3 is 0 Å². The molecule has 0 bridgehead atoms. The maximum atomic E-state index is 13.4. The van der Waals surface area contributed by atoms with Crippen LogP contribution in [-0.2, 0) is 17.9 Å². The number of nitrogens with one attached hydrogen (secondary N) is 1. The van der Waals surface area contributed by atoms with Crippen LogP contribution < -0.4 is 5.32 Å². The number of benzene rings is 1. The molecule has 1 aromatic carbocycles. The largest absolute Gasteiger partial charge is 0.508 e. The smallest absolute Gasteiger partial charge is 0.222 e. The van der Waals surface area contributed by atoms with Crippen molar-refractivity contribution >= 4 is 5.91 Å². The summed E-state index contributed by atoms with van der Waals surface area (Å²) < 4.78 is 14.8. The van der Waals surface area contributed by atoms with E-state index >= 15 is 0 Å². The van der Waals surface area contributed by atoms with Crippen LogP contribution in [0.4, 0.5) is 4.39 Å². The molecule has 0 fully saturated rings. The van der Waals surface area contributed by atoms with Crippen LogP contribution in [0.15, 0.2) is 24.5 Å². The number of tetrazole rings is 1. The highest BCUT2D eigenvalue weighted by Gasteiger charge is 2.06. The number of carbonyl (C=O) groups is 1. The first-order valence-electron chi connectivity index (χ1n) is 5.60. The number of rotatable bonds is 5. The number of hydrogen-bond donors (Lipinski definition) is 2. The van der Waals surface area contributed by atoms with Gasteiger partial charge in [0.05, 0.1) is 6.54 Å². The van der Waals surface area contributed by atoms with E-state index in [-0.39, 0.29) is 24.6 Å². The second-order valence-corrected chi connectivity index (χ2v) is 3.88. The molecule has 0 aliphatic heterocycles. The van der Waals surface area contributed by atoms with E-state index in [0.717, 1.165) is 6.07 Å². The first kappa shape index (κ1) is 12.9. The summed E-state index contributed by atoms with van der Waals surface area (Å²) in [6, 6.07) is 3.79. The van der Waals surface area contributed by atoms with Crippen LogP contribution in [-0.4, -0.2) is 31.2 Å². The Bertz CT molecular complexity index is 558. The van der Waals surface area contributed by atoms with Gasteiger partial charge in [0.15, 0.2) is 0 Å². The Morgan fingerprint density at radius 1 is 1.47 bits per heavy atom. The van der Waals surface area contributed by atoms with Crippen molar-refractivity contribution in [2.24, 2.45) is 0 Å². The SMILES string of the molecule is O=C(CCn1cnnn1)NCc1ccc(O)cc1F. The average Bonchev–Trinajstić information content (AvgIpc) is 2.88. The first-order valence-corrected chi connectivity index (χ1v) is 5.60. The maximum absolute atomic E-state index is 13.4. The number of aryl methyl sites for hydroxylation is 1. The summed E-state index contributed by atoms with van der Waals surface area (Å²) >= 11 is 0. The summed E-state index contributed by atoms with van der Waals surface area (Å²) in [4.78, 5) is 11.5. The topological polar surface area (TPSA) is 92.9 Å². The number of phenols is 1. The van der Waals surface area contributed by atoms with Crippen LogP contribution in [0, 0.1) is 5.82 Å². The maximum Gasteiger partial charge on any atom is 0.222 e. The molecule has 0 saturated heterocycles. The highest BCUT2D eigenvalue weighted by Crippen LogP contribution is 2.14. The highest BCUT2D eigenvalue weighted by atomic mass is 19.1. The fraction of sp³-hybridized carbons (Fsp3) is 0.273. The Balaban J connectivity index is 1.80. The molecular formula is C11H12FN5O2. The summed E-state index contributed by atoms with van der Waals surface area (Å²) in [5.74, 6) is -0.935. The van der Waals surface area contributed by atoms with E-state index in [9.17, 15) is 9.18 Å². The van der Waals surface area contributed by atoms with Gasteiger partial charge in [0.25, 0.3) is 0 Å². The van der Waals surface area contributed by atoms with Gasteiger partial charge in [0, 0.05) is 24.6 Å². The number of carbonyl (C=O) groups excluding carboxylic acids is 1. The number of amides is 1. The van der Waals surface area contributed by atoms with Gasteiger partial charge in [-0.15, -0.1) is 5.10 Å². The lowest BCUT2D eigenvalue weighted by molar-refractivity contribution is -0.121. The molecule has 0 radical (unpaired) electrons. The Kier molecular flexibility index (Phi) is 4.01. The molecule has 2 N–H and O–H groups in total. The summed E-state index contributed by atoms with van der Waals surface area (Å²) in [7, 11) is 0. The van der Waals surface area contributed by atoms with E-state index in [1.807, 2.05) is 0 Å². The third kappa shape index (κ3) is 3.73. The minimum absolute atomic E-state index is 0.0700. The van der Waals surface area contributed by atoms with Gasteiger partial charge in [-0.05, 0) is 16.5 Å². The molecule has 7 nitrogen and oxygen atoms in total. The van der Waals surface area contributed by atoms with Gasteiger partial charge in [-0.2, -0.15) is 0 Å². The highest BCUT2D eigenvalue weighted by molar-refractivity contribution is 5.75. The van der Waals surface area contributed by atoms with Crippen molar-refractivity contribution in [2.45, 2.75) is 19.5 Å². The van der Waals surface area contributed by atoms with Gasteiger partial charge in [0.1, 0.15) is 17.9 Å². The zero-order valence-electron chi connectivity index (χ0n) is 9.95. The molecule has 0 atom stereocenters. The number of halogens is 1. The van der Waals surface area contributed by atoms with E-state index in [4.69, 9.17) is 5.11 Å². The van der Waals surface area contributed by atoms with Gasteiger partial charge in [-0.1, -0.05) is 6.07 Å². The van der Waals surface area contributed by atoms with Crippen LogP contribution in [0.2, 0.25) is 0 Å². The van der Waals surface area contributed by atoms with Gasteiger partial charge in [-0.3, -0.25) is 4.79 Å². The number of hydrogen-bond acceptors (Lipinski definition) is 5. The molecule has 1 amide bonds. The third-order valence-electron chi connectivity index (χ3n) is 2.47. The molecule has 0 unspecified atom stereocenters. The van der Waals surface area contributed by atoms with Crippen molar-refractivity contribution in [3.8, 4) is 5.75 Å². The Labute approximate surface area is 108 Å². The standard InChI is InChI=1S/C11H12FN5O2/c12-10-5-9(18)2-1-8(10)6-13-11(19)3-4-17-7-14-15-16-17/h1-2,5,7,18H,3-4,6H2,(H,13,19). The van der Waals surface area contributed by atoms with E-state index in [2.05, 4.69) is 20.8 Å². The minimum Gasteiger partial charge on any atom is -0.508 e. The van der Waals surface area contributed by atoms with Crippen molar-refractivity contribution in [3.63, 3.8) is 0 Å². The molecule has 0 aliphatic carbocycles. The van der Waals surface area contributed by atoms with Gasteiger partial charge < -0.3 is 10.4 Å². The third-order valence-corrected chi connectivity index (χ3v) is 2.47. The zero-order chi connectivity index (χ0) is 13.7. The summed E-state index contributed by atoms with van der Waals surface area (Å²) in [6.45, 7) is 0.428. The van der Waals surface area contributed by atoms with Gasteiger partial charge in [-0.25, -0.2) is 9.07 Å². The van der Waals surface area contributed by atoms with Crippen LogP contribution in [0.1, 0.15) is 12.0 Å². The first-order chi connectivity index (χ1) is 9.15. The van der Waals surface area contributed by atoms with Crippen molar-refractivity contribution in [1.82, 2.24) is 25.5 Å². The van der Waals surface area contributed by atoms with Crippen LogP contribution in [0.3, 0.4) is 0 Å². The summed E-state index contributed by atoms with van der Waals surface area (Å²) in [5, 5.41) is 22.1. The van der Waals surface area contributed by atoms with Crippen molar-refractivity contribution in [3.05, 3.63) is 35.9 Å². The Morgan fingerprint density at radius 3 is 3.00 bits per heavy atom. The normalized spacial score (nSPS) is 10.4. The zero-order valence-corrected chi connectivity index (χ0v) is 9.95. The predicted octanol–water partition coefficient (Wildman–Crippen LogP) is 0.224. The quantitative estimate of drug-likeness (QED) is 0.807.